The van der Waals surface area contributed by atoms with E-state index in [-0.39, 0.29) is 11.9 Å². The summed E-state index contributed by atoms with van der Waals surface area (Å²) in [4.78, 5) is 15.5. The molecular formula is C17H26N2O2S. The number of aliphatic hydroxyl groups is 1. The number of rotatable bonds is 6. The molecule has 1 amide bonds. The minimum Gasteiger partial charge on any atom is -0.387 e. The molecule has 0 bridgehead atoms. The molecule has 2 N–H and O–H groups in total. The lowest BCUT2D eigenvalue weighted by atomic mass is 10.0. The second-order valence-electron chi connectivity index (χ2n) is 6.55. The maximum absolute atomic E-state index is 12.5. The molecule has 2 saturated heterocycles. The van der Waals surface area contributed by atoms with E-state index in [1.54, 1.807) is 11.3 Å². The summed E-state index contributed by atoms with van der Waals surface area (Å²) in [5, 5.41) is 15.7. The van der Waals surface area contributed by atoms with E-state index in [9.17, 15) is 9.90 Å². The number of likely N-dealkylation sites (tertiary alicyclic amines) is 1. The summed E-state index contributed by atoms with van der Waals surface area (Å²) in [6, 6.07) is 4.16. The Balaban J connectivity index is 1.50. The van der Waals surface area contributed by atoms with Crippen molar-refractivity contribution in [3.8, 4) is 0 Å². The molecule has 0 aliphatic carbocycles. The largest absolute Gasteiger partial charge is 0.387 e. The van der Waals surface area contributed by atoms with Crippen LogP contribution in [0.5, 0.6) is 0 Å². The van der Waals surface area contributed by atoms with Crippen LogP contribution in [0.3, 0.4) is 0 Å². The van der Waals surface area contributed by atoms with Crippen LogP contribution in [0.25, 0.3) is 0 Å². The predicted molar refractivity (Wildman–Crippen MR) is 88.8 cm³/mol. The molecule has 0 aromatic carbocycles. The fourth-order valence-electron chi connectivity index (χ4n) is 3.70. The summed E-state index contributed by atoms with van der Waals surface area (Å²) in [7, 11) is 0. The highest BCUT2D eigenvalue weighted by atomic mass is 32.1. The average Bonchev–Trinajstić information content (AvgIpc) is 3.25. The Hall–Kier alpha value is -0.910. The lowest BCUT2D eigenvalue weighted by molar-refractivity contribution is -0.132. The summed E-state index contributed by atoms with van der Waals surface area (Å²) in [5.41, 5.74) is 0. The zero-order valence-electron chi connectivity index (χ0n) is 13.0. The summed E-state index contributed by atoms with van der Waals surface area (Å²) in [6.45, 7) is 3.02. The van der Waals surface area contributed by atoms with Crippen LogP contribution in [0.2, 0.25) is 0 Å². The lowest BCUT2D eigenvalue weighted by Gasteiger charge is -2.27. The number of hydrogen-bond acceptors (Lipinski definition) is 4. The predicted octanol–water partition coefficient (Wildman–Crippen LogP) is 2.55. The second-order valence-corrected chi connectivity index (χ2v) is 7.53. The molecule has 3 rings (SSSR count). The van der Waals surface area contributed by atoms with E-state index in [0.717, 1.165) is 43.8 Å². The molecule has 5 heteroatoms. The van der Waals surface area contributed by atoms with Gasteiger partial charge in [0, 0.05) is 23.9 Å². The highest BCUT2D eigenvalue weighted by molar-refractivity contribution is 7.10. The van der Waals surface area contributed by atoms with Gasteiger partial charge in [0.25, 0.3) is 0 Å². The van der Waals surface area contributed by atoms with Gasteiger partial charge >= 0.3 is 0 Å². The van der Waals surface area contributed by atoms with Crippen LogP contribution in [0.15, 0.2) is 17.5 Å². The van der Waals surface area contributed by atoms with E-state index < -0.39 is 6.10 Å². The van der Waals surface area contributed by atoms with Crippen LogP contribution in [0, 0.1) is 5.92 Å². The van der Waals surface area contributed by atoms with E-state index in [4.69, 9.17) is 0 Å². The number of nitrogens with one attached hydrogen (secondary N) is 1. The zero-order valence-corrected chi connectivity index (χ0v) is 13.9. The third kappa shape index (κ3) is 3.89. The number of aliphatic hydroxyl groups excluding tert-OH is 1. The number of thiophene rings is 1. The monoisotopic (exact) mass is 322 g/mol. The molecular weight excluding hydrogens is 296 g/mol. The van der Waals surface area contributed by atoms with Crippen molar-refractivity contribution in [1.82, 2.24) is 10.2 Å². The van der Waals surface area contributed by atoms with E-state index >= 15 is 0 Å². The average molecular weight is 322 g/mol. The quantitative estimate of drug-likeness (QED) is 0.846. The highest BCUT2D eigenvalue weighted by Gasteiger charge is 2.31. The van der Waals surface area contributed by atoms with Crippen molar-refractivity contribution >= 4 is 17.2 Å². The highest BCUT2D eigenvalue weighted by Crippen LogP contribution is 2.30. The Morgan fingerprint density at radius 1 is 1.50 bits per heavy atom. The van der Waals surface area contributed by atoms with Gasteiger partial charge in [-0.1, -0.05) is 6.07 Å². The van der Waals surface area contributed by atoms with Gasteiger partial charge in [-0.05, 0) is 62.6 Å². The van der Waals surface area contributed by atoms with Crippen LogP contribution in [-0.2, 0) is 4.79 Å². The van der Waals surface area contributed by atoms with Crippen molar-refractivity contribution in [2.45, 2.75) is 50.7 Å². The maximum Gasteiger partial charge on any atom is 0.222 e. The van der Waals surface area contributed by atoms with Crippen LogP contribution < -0.4 is 5.32 Å². The molecule has 3 atom stereocenters. The van der Waals surface area contributed by atoms with E-state index in [1.165, 1.54) is 6.42 Å². The van der Waals surface area contributed by atoms with Gasteiger partial charge in [0.15, 0.2) is 0 Å². The standard InChI is InChI=1S/C17H26N2O2S/c20-15(16-4-2-10-22-16)11-14-3-1-9-19(14)17(21)6-5-13-7-8-18-12-13/h2,4,10,13-15,18,20H,1,3,5-9,11-12H2. The molecule has 0 spiro atoms. The Labute approximate surface area is 136 Å². The van der Waals surface area contributed by atoms with Gasteiger partial charge in [-0.25, -0.2) is 0 Å². The van der Waals surface area contributed by atoms with Gasteiger partial charge in [-0.2, -0.15) is 0 Å². The SMILES string of the molecule is O=C(CCC1CCNC1)N1CCCC1CC(O)c1cccs1. The lowest BCUT2D eigenvalue weighted by Crippen LogP contribution is -2.36. The van der Waals surface area contributed by atoms with Crippen LogP contribution in [0.1, 0.15) is 49.5 Å². The number of carbonyl (C=O) groups is 1. The Morgan fingerprint density at radius 3 is 3.14 bits per heavy atom. The van der Waals surface area contributed by atoms with Crippen molar-refractivity contribution in [3.63, 3.8) is 0 Å². The van der Waals surface area contributed by atoms with Gasteiger partial charge in [0.2, 0.25) is 5.91 Å². The van der Waals surface area contributed by atoms with Crippen LogP contribution >= 0.6 is 11.3 Å². The molecule has 4 nitrogen and oxygen atoms in total. The van der Waals surface area contributed by atoms with Gasteiger partial charge < -0.3 is 15.3 Å². The second kappa shape index (κ2) is 7.57. The Morgan fingerprint density at radius 2 is 2.41 bits per heavy atom. The fourth-order valence-corrected chi connectivity index (χ4v) is 4.42. The van der Waals surface area contributed by atoms with Crippen molar-refractivity contribution in [1.29, 1.82) is 0 Å². The molecule has 1 aromatic heterocycles. The number of nitrogens with zero attached hydrogens (tertiary/aromatic N) is 1. The van der Waals surface area contributed by atoms with Crippen molar-refractivity contribution < 1.29 is 9.90 Å². The van der Waals surface area contributed by atoms with E-state index in [0.29, 0.717) is 18.8 Å². The summed E-state index contributed by atoms with van der Waals surface area (Å²) in [6.07, 6.45) is 5.21. The third-order valence-corrected chi connectivity index (χ3v) is 5.97. The summed E-state index contributed by atoms with van der Waals surface area (Å²) in [5.74, 6) is 0.953. The Kier molecular flexibility index (Phi) is 5.50. The van der Waals surface area contributed by atoms with Gasteiger partial charge in [0.1, 0.15) is 0 Å². The van der Waals surface area contributed by atoms with Gasteiger partial charge in [-0.15, -0.1) is 11.3 Å². The molecule has 0 radical (unpaired) electrons. The third-order valence-electron chi connectivity index (χ3n) is 4.99. The topological polar surface area (TPSA) is 52.6 Å². The number of amides is 1. The first kappa shape index (κ1) is 16.0. The first-order valence-electron chi connectivity index (χ1n) is 8.45. The molecule has 1 aromatic rings. The van der Waals surface area contributed by atoms with E-state index in [1.807, 2.05) is 22.4 Å². The van der Waals surface area contributed by atoms with Crippen LogP contribution in [0.4, 0.5) is 0 Å². The molecule has 3 unspecified atom stereocenters. The minimum absolute atomic E-state index is 0.214. The molecule has 122 valence electrons. The number of carbonyl (C=O) groups excluding carboxylic acids is 1. The molecule has 2 fully saturated rings. The Bertz CT molecular complexity index is 471. The first-order chi connectivity index (χ1) is 10.7. The van der Waals surface area contributed by atoms with E-state index in [2.05, 4.69) is 5.32 Å². The van der Waals surface area contributed by atoms with Gasteiger partial charge in [-0.3, -0.25) is 4.79 Å². The van der Waals surface area contributed by atoms with Crippen LogP contribution in [-0.4, -0.2) is 41.6 Å². The number of hydrogen-bond donors (Lipinski definition) is 2. The molecule has 2 aliphatic rings. The molecule has 3 heterocycles. The van der Waals surface area contributed by atoms with Crippen molar-refractivity contribution in [2.24, 2.45) is 5.92 Å². The minimum atomic E-state index is -0.433. The molecule has 22 heavy (non-hydrogen) atoms. The first-order valence-corrected chi connectivity index (χ1v) is 9.33. The molecule has 2 aliphatic heterocycles. The van der Waals surface area contributed by atoms with Crippen molar-refractivity contribution in [2.75, 3.05) is 19.6 Å². The maximum atomic E-state index is 12.5. The molecule has 0 saturated carbocycles. The summed E-state index contributed by atoms with van der Waals surface area (Å²) < 4.78 is 0. The normalized spacial score (nSPS) is 26.5. The van der Waals surface area contributed by atoms with Gasteiger partial charge in [0.05, 0.1) is 6.10 Å². The summed E-state index contributed by atoms with van der Waals surface area (Å²) >= 11 is 1.59. The smallest absolute Gasteiger partial charge is 0.222 e. The zero-order chi connectivity index (χ0) is 15.4. The fraction of sp³-hybridized carbons (Fsp3) is 0.706. The van der Waals surface area contributed by atoms with Crippen molar-refractivity contribution in [3.05, 3.63) is 22.4 Å².